The number of tetrazole rings is 1. The predicted molar refractivity (Wildman–Crippen MR) is 90.1 cm³/mol. The fourth-order valence-electron chi connectivity index (χ4n) is 1.91. The van der Waals surface area contributed by atoms with E-state index in [1.807, 2.05) is 12.1 Å². The van der Waals surface area contributed by atoms with Gasteiger partial charge in [-0.25, -0.2) is 4.21 Å². The minimum Gasteiger partial charge on any atom is -0.300 e. The molecular weight excluding hydrogens is 365 g/mol. The van der Waals surface area contributed by atoms with Crippen LogP contribution in [0.2, 0.25) is 5.02 Å². The van der Waals surface area contributed by atoms with Gasteiger partial charge in [0.2, 0.25) is 0 Å². The van der Waals surface area contributed by atoms with E-state index in [9.17, 15) is 4.21 Å². The monoisotopic (exact) mass is 375 g/mol. The van der Waals surface area contributed by atoms with Crippen LogP contribution in [0.15, 0.2) is 28.5 Å². The minimum absolute atomic E-state index is 0.0566. The fourth-order valence-corrected chi connectivity index (χ4v) is 4.81. The standard InChI is InChI=1S/C12H11Cl2N5OS2/c13-8-2-1-7(5-11-15-18-19-16-11)9(6-8)17-22(20)12-4-3-10(14)21-12/h1-2,4,6,10,17H,3,5H2,(H,15,16,18,19). The zero-order valence-corrected chi connectivity index (χ0v) is 14.3. The van der Waals surface area contributed by atoms with E-state index < -0.39 is 11.0 Å². The van der Waals surface area contributed by atoms with E-state index in [0.29, 0.717) is 29.4 Å². The molecule has 116 valence electrons. The molecule has 0 amide bonds. The van der Waals surface area contributed by atoms with Gasteiger partial charge in [0.15, 0.2) is 16.8 Å². The van der Waals surface area contributed by atoms with Crippen molar-refractivity contribution in [3.05, 3.63) is 44.9 Å². The van der Waals surface area contributed by atoms with Crippen molar-refractivity contribution in [2.45, 2.75) is 17.6 Å². The highest BCUT2D eigenvalue weighted by Crippen LogP contribution is 2.37. The lowest BCUT2D eigenvalue weighted by Crippen LogP contribution is -2.07. The third-order valence-electron chi connectivity index (χ3n) is 2.91. The van der Waals surface area contributed by atoms with Gasteiger partial charge in [-0.3, -0.25) is 0 Å². The van der Waals surface area contributed by atoms with Crippen molar-refractivity contribution >= 4 is 51.6 Å². The van der Waals surface area contributed by atoms with Crippen molar-refractivity contribution in [2.75, 3.05) is 4.72 Å². The van der Waals surface area contributed by atoms with Gasteiger partial charge in [0, 0.05) is 11.4 Å². The molecule has 10 heteroatoms. The van der Waals surface area contributed by atoms with E-state index in [2.05, 4.69) is 25.3 Å². The quantitative estimate of drug-likeness (QED) is 0.784. The van der Waals surface area contributed by atoms with Crippen molar-refractivity contribution < 1.29 is 4.21 Å². The summed E-state index contributed by atoms with van der Waals surface area (Å²) < 4.78 is 16.0. The van der Waals surface area contributed by atoms with Crippen LogP contribution in [0.3, 0.4) is 0 Å². The highest BCUT2D eigenvalue weighted by Gasteiger charge is 2.21. The van der Waals surface area contributed by atoms with Crippen LogP contribution in [0.4, 0.5) is 5.69 Å². The van der Waals surface area contributed by atoms with Gasteiger partial charge in [0.25, 0.3) is 0 Å². The minimum atomic E-state index is -1.37. The first kappa shape index (κ1) is 15.8. The summed E-state index contributed by atoms with van der Waals surface area (Å²) in [4.78, 5) is 0. The van der Waals surface area contributed by atoms with Crippen molar-refractivity contribution in [1.82, 2.24) is 20.6 Å². The largest absolute Gasteiger partial charge is 0.300 e. The average Bonchev–Trinajstić information content (AvgIpc) is 3.13. The van der Waals surface area contributed by atoms with Crippen LogP contribution >= 0.6 is 35.0 Å². The number of nitrogens with one attached hydrogen (secondary N) is 2. The maximum absolute atomic E-state index is 12.4. The lowest BCUT2D eigenvalue weighted by atomic mass is 10.1. The van der Waals surface area contributed by atoms with E-state index in [1.165, 1.54) is 11.8 Å². The van der Waals surface area contributed by atoms with Crippen molar-refractivity contribution in [1.29, 1.82) is 0 Å². The Hall–Kier alpha value is -1.09. The van der Waals surface area contributed by atoms with Crippen LogP contribution in [0.1, 0.15) is 17.8 Å². The van der Waals surface area contributed by atoms with Crippen molar-refractivity contribution in [2.24, 2.45) is 0 Å². The second-order valence-electron chi connectivity index (χ2n) is 4.46. The van der Waals surface area contributed by atoms with E-state index in [0.717, 1.165) is 9.80 Å². The normalized spacial score (nSPS) is 19.0. The number of alkyl halides is 1. The molecule has 3 rings (SSSR count). The molecule has 2 heterocycles. The molecule has 6 nitrogen and oxygen atoms in total. The predicted octanol–water partition coefficient (Wildman–Crippen LogP) is 3.06. The molecule has 0 saturated carbocycles. The molecule has 1 aromatic heterocycles. The third kappa shape index (κ3) is 3.81. The Kier molecular flexibility index (Phi) is 5.02. The number of H-pyrrole nitrogens is 1. The first-order valence-electron chi connectivity index (χ1n) is 6.32. The second-order valence-corrected chi connectivity index (χ2v) is 8.37. The number of allylic oxidation sites excluding steroid dienone is 1. The molecule has 2 unspecified atom stereocenters. The van der Waals surface area contributed by atoms with Crippen LogP contribution < -0.4 is 4.72 Å². The van der Waals surface area contributed by atoms with E-state index in [-0.39, 0.29) is 4.71 Å². The molecule has 0 spiro atoms. The number of anilines is 1. The average molecular weight is 376 g/mol. The number of nitrogens with zero attached hydrogens (tertiary/aromatic N) is 3. The summed E-state index contributed by atoms with van der Waals surface area (Å²) in [7, 11) is -1.37. The first-order chi connectivity index (χ1) is 10.6. The Labute approximate surface area is 143 Å². The van der Waals surface area contributed by atoms with Gasteiger partial charge in [0.1, 0.15) is 0 Å². The molecule has 0 fully saturated rings. The molecule has 0 aliphatic carbocycles. The van der Waals surface area contributed by atoms with Gasteiger partial charge in [-0.15, -0.1) is 21.8 Å². The summed E-state index contributed by atoms with van der Waals surface area (Å²) in [5.74, 6) is 0.548. The zero-order chi connectivity index (χ0) is 15.5. The van der Waals surface area contributed by atoms with Crippen LogP contribution in [0, 0.1) is 0 Å². The molecule has 22 heavy (non-hydrogen) atoms. The maximum Gasteiger partial charge on any atom is 0.178 e. The van der Waals surface area contributed by atoms with Gasteiger partial charge < -0.3 is 4.72 Å². The van der Waals surface area contributed by atoms with E-state index in [1.54, 1.807) is 12.1 Å². The lowest BCUT2D eigenvalue weighted by Gasteiger charge is -2.11. The molecule has 0 bridgehead atoms. The van der Waals surface area contributed by atoms with Crippen LogP contribution in [0.25, 0.3) is 0 Å². The SMILES string of the molecule is O=S(Nc1cc(Cl)ccc1Cc1nn[nH]n1)C1=CCC(Cl)S1. The number of aromatic nitrogens is 4. The highest BCUT2D eigenvalue weighted by molar-refractivity contribution is 8.18. The molecule has 1 aliphatic rings. The summed E-state index contributed by atoms with van der Waals surface area (Å²) in [6.45, 7) is 0. The van der Waals surface area contributed by atoms with E-state index >= 15 is 0 Å². The molecule has 1 aromatic carbocycles. The number of thioether (sulfide) groups is 1. The number of halogens is 2. The first-order valence-corrected chi connectivity index (χ1v) is 9.16. The van der Waals surface area contributed by atoms with Crippen molar-refractivity contribution in [3.63, 3.8) is 0 Å². The highest BCUT2D eigenvalue weighted by atomic mass is 35.5. The maximum atomic E-state index is 12.4. The summed E-state index contributed by atoms with van der Waals surface area (Å²) in [5.41, 5.74) is 1.56. The number of hydrogen-bond acceptors (Lipinski definition) is 5. The van der Waals surface area contributed by atoms with Crippen LogP contribution in [-0.2, 0) is 17.4 Å². The summed E-state index contributed by atoms with van der Waals surface area (Å²) in [6.07, 6.45) is 3.05. The van der Waals surface area contributed by atoms with Gasteiger partial charge >= 0.3 is 0 Å². The molecule has 2 N–H and O–H groups in total. The fraction of sp³-hybridized carbons (Fsp3) is 0.250. The Bertz CT molecular complexity index is 722. The third-order valence-corrected chi connectivity index (χ3v) is 6.12. The number of aromatic amines is 1. The Balaban J connectivity index is 1.80. The summed E-state index contributed by atoms with van der Waals surface area (Å²) in [6, 6.07) is 5.34. The molecule has 2 aromatic rings. The topological polar surface area (TPSA) is 83.6 Å². The lowest BCUT2D eigenvalue weighted by molar-refractivity contribution is 0.691. The van der Waals surface area contributed by atoms with Crippen LogP contribution in [0.5, 0.6) is 0 Å². The number of hydrogen-bond donors (Lipinski definition) is 2. The molecule has 1 aliphatic heterocycles. The van der Waals surface area contributed by atoms with Gasteiger partial charge in [-0.05, 0) is 24.1 Å². The van der Waals surface area contributed by atoms with Gasteiger partial charge in [-0.1, -0.05) is 40.7 Å². The molecular formula is C12H11Cl2N5OS2. The van der Waals surface area contributed by atoms with Gasteiger partial charge in [0.05, 0.1) is 14.6 Å². The van der Waals surface area contributed by atoms with Gasteiger partial charge in [-0.2, -0.15) is 5.21 Å². The summed E-state index contributed by atoms with van der Waals surface area (Å²) >= 11 is 13.4. The van der Waals surface area contributed by atoms with E-state index in [4.69, 9.17) is 23.2 Å². The number of benzene rings is 1. The Morgan fingerprint density at radius 1 is 1.50 bits per heavy atom. The Morgan fingerprint density at radius 3 is 3.05 bits per heavy atom. The van der Waals surface area contributed by atoms with Crippen molar-refractivity contribution in [3.8, 4) is 0 Å². The summed E-state index contributed by atoms with van der Waals surface area (Å²) in [5, 5.41) is 14.3. The second kappa shape index (κ2) is 6.99. The van der Waals surface area contributed by atoms with Crippen LogP contribution in [-0.4, -0.2) is 29.5 Å². The molecule has 0 radical (unpaired) electrons. The molecule has 0 saturated heterocycles. The number of rotatable bonds is 5. The molecule has 2 atom stereocenters. The smallest absolute Gasteiger partial charge is 0.178 e. The Morgan fingerprint density at radius 2 is 2.36 bits per heavy atom. The zero-order valence-electron chi connectivity index (χ0n) is 11.1.